The van der Waals surface area contributed by atoms with E-state index in [1.807, 2.05) is 60.7 Å². The molecule has 6 nitrogen and oxygen atoms in total. The third kappa shape index (κ3) is 5.57. The van der Waals surface area contributed by atoms with E-state index >= 15 is 0 Å². The molecule has 0 aliphatic carbocycles. The number of nitrogens with zero attached hydrogens (tertiary/aromatic N) is 2. The Morgan fingerprint density at radius 1 is 1.03 bits per heavy atom. The van der Waals surface area contributed by atoms with E-state index in [9.17, 15) is 9.90 Å². The number of hydrogen-bond donors (Lipinski definition) is 2. The number of carbonyl (C=O) groups is 1. The largest absolute Gasteiger partial charge is 0.488 e. The molecule has 8 heteroatoms. The Kier molecular flexibility index (Phi) is 6.89. The number of hydrogen-bond acceptors (Lipinski definition) is 5. The van der Waals surface area contributed by atoms with Crippen molar-refractivity contribution in [3.63, 3.8) is 0 Å². The highest BCUT2D eigenvalue weighted by Gasteiger charge is 2.15. The first-order chi connectivity index (χ1) is 15.6. The van der Waals surface area contributed by atoms with Gasteiger partial charge in [0.2, 0.25) is 5.16 Å². The van der Waals surface area contributed by atoms with Crippen LogP contribution in [0.5, 0.6) is 5.75 Å². The lowest BCUT2D eigenvalue weighted by Crippen LogP contribution is -1.99. The summed E-state index contributed by atoms with van der Waals surface area (Å²) in [6, 6.07) is 24.2. The van der Waals surface area contributed by atoms with Crippen LogP contribution in [0.15, 0.2) is 88.9 Å². The van der Waals surface area contributed by atoms with E-state index < -0.39 is 5.97 Å². The summed E-state index contributed by atoms with van der Waals surface area (Å²) in [5, 5.41) is 17.6. The predicted octanol–water partition coefficient (Wildman–Crippen LogP) is 5.92. The zero-order valence-corrected chi connectivity index (χ0v) is 18.3. The van der Waals surface area contributed by atoms with Gasteiger partial charge in [0, 0.05) is 16.1 Å². The molecule has 0 amide bonds. The number of aliphatic carboxylic acids is 1. The van der Waals surface area contributed by atoms with Crippen LogP contribution in [0, 0.1) is 0 Å². The first kappa shape index (κ1) is 21.7. The summed E-state index contributed by atoms with van der Waals surface area (Å²) in [4.78, 5) is 16.4. The molecule has 0 radical (unpaired) electrons. The summed E-state index contributed by atoms with van der Waals surface area (Å²) >= 11 is 6.88. The van der Waals surface area contributed by atoms with Crippen LogP contribution in [-0.2, 0) is 11.4 Å². The maximum absolute atomic E-state index is 11.9. The van der Waals surface area contributed by atoms with Gasteiger partial charge in [-0.05, 0) is 53.7 Å². The standard InChI is InChI=1S/C24H18ClN3O3S/c25-19-12-10-17(11-13-19)22-26-24(28-27-22)32-21(23(29)30)14-18-8-4-5-9-20(18)31-15-16-6-2-1-3-7-16/h1-14H,15H2,(H,29,30)(H,26,27,28)/b21-14-. The van der Waals surface area contributed by atoms with E-state index in [1.54, 1.807) is 24.3 Å². The van der Waals surface area contributed by atoms with Crippen LogP contribution >= 0.6 is 23.4 Å². The number of para-hydroxylation sites is 1. The molecule has 32 heavy (non-hydrogen) atoms. The van der Waals surface area contributed by atoms with Gasteiger partial charge in [0.1, 0.15) is 17.3 Å². The molecule has 3 aromatic carbocycles. The Hall–Kier alpha value is -3.55. The number of rotatable bonds is 8. The lowest BCUT2D eigenvalue weighted by Gasteiger charge is -2.10. The third-order valence-electron chi connectivity index (χ3n) is 4.44. The second-order valence-electron chi connectivity index (χ2n) is 6.70. The number of carboxylic acid groups (broad SMARTS) is 1. The molecule has 0 unspecified atom stereocenters. The average Bonchev–Trinajstić information content (AvgIpc) is 3.28. The quantitative estimate of drug-likeness (QED) is 0.249. The second kappa shape index (κ2) is 10.2. The Labute approximate surface area is 193 Å². The number of H-pyrrole nitrogens is 1. The predicted molar refractivity (Wildman–Crippen MR) is 126 cm³/mol. The van der Waals surface area contributed by atoms with Crippen molar-refractivity contribution in [3.8, 4) is 17.1 Å². The maximum Gasteiger partial charge on any atom is 0.342 e. The van der Waals surface area contributed by atoms with Gasteiger partial charge in [0.25, 0.3) is 0 Å². The fraction of sp³-hybridized carbons (Fsp3) is 0.0417. The molecule has 1 aromatic heterocycles. The molecule has 0 atom stereocenters. The summed E-state index contributed by atoms with van der Waals surface area (Å²) in [5.74, 6) is 0.0405. The lowest BCUT2D eigenvalue weighted by atomic mass is 10.2. The number of benzene rings is 3. The molecule has 0 spiro atoms. The van der Waals surface area contributed by atoms with E-state index in [2.05, 4.69) is 15.2 Å². The van der Waals surface area contributed by atoms with E-state index in [0.717, 1.165) is 22.9 Å². The summed E-state index contributed by atoms with van der Waals surface area (Å²) in [5.41, 5.74) is 2.48. The Morgan fingerprint density at radius 3 is 2.50 bits per heavy atom. The van der Waals surface area contributed by atoms with Gasteiger partial charge in [-0.15, -0.1) is 5.10 Å². The Morgan fingerprint density at radius 2 is 1.75 bits per heavy atom. The van der Waals surface area contributed by atoms with Crippen molar-refractivity contribution in [2.24, 2.45) is 0 Å². The van der Waals surface area contributed by atoms with Gasteiger partial charge < -0.3 is 9.84 Å². The van der Waals surface area contributed by atoms with Gasteiger partial charge in [-0.1, -0.05) is 60.1 Å². The molecule has 0 saturated heterocycles. The molecule has 160 valence electrons. The minimum Gasteiger partial charge on any atom is -0.488 e. The van der Waals surface area contributed by atoms with E-state index in [4.69, 9.17) is 16.3 Å². The van der Waals surface area contributed by atoms with Gasteiger partial charge >= 0.3 is 5.97 Å². The van der Waals surface area contributed by atoms with Crippen LogP contribution < -0.4 is 4.74 Å². The van der Waals surface area contributed by atoms with Crippen molar-refractivity contribution in [3.05, 3.63) is 99.9 Å². The third-order valence-corrected chi connectivity index (χ3v) is 5.57. The number of nitrogens with one attached hydrogen (secondary N) is 1. The highest BCUT2D eigenvalue weighted by molar-refractivity contribution is 8.04. The van der Waals surface area contributed by atoms with Crippen molar-refractivity contribution < 1.29 is 14.6 Å². The first-order valence-corrected chi connectivity index (χ1v) is 10.8. The molecule has 4 aromatic rings. The minimum atomic E-state index is -1.08. The summed E-state index contributed by atoms with van der Waals surface area (Å²) in [7, 11) is 0. The summed E-state index contributed by atoms with van der Waals surface area (Å²) < 4.78 is 5.93. The van der Waals surface area contributed by atoms with E-state index in [0.29, 0.717) is 33.9 Å². The molecule has 0 aliphatic heterocycles. The zero-order valence-electron chi connectivity index (χ0n) is 16.7. The van der Waals surface area contributed by atoms with Gasteiger partial charge in [-0.3, -0.25) is 5.10 Å². The number of aromatic amines is 1. The average molecular weight is 464 g/mol. The van der Waals surface area contributed by atoms with Crippen LogP contribution in [0.4, 0.5) is 0 Å². The minimum absolute atomic E-state index is 0.0717. The molecular weight excluding hydrogens is 446 g/mol. The molecule has 2 N–H and O–H groups in total. The number of carboxylic acids is 1. The number of thioether (sulfide) groups is 1. The Bertz CT molecular complexity index is 1240. The van der Waals surface area contributed by atoms with Crippen LogP contribution in [0.25, 0.3) is 17.5 Å². The zero-order chi connectivity index (χ0) is 22.3. The topological polar surface area (TPSA) is 88.1 Å². The number of ether oxygens (including phenoxy) is 1. The molecular formula is C24H18ClN3O3S. The van der Waals surface area contributed by atoms with Crippen molar-refractivity contribution >= 4 is 35.4 Å². The van der Waals surface area contributed by atoms with Crippen molar-refractivity contribution in [1.82, 2.24) is 15.2 Å². The highest BCUT2D eigenvalue weighted by Crippen LogP contribution is 2.30. The van der Waals surface area contributed by atoms with Gasteiger partial charge in [0.15, 0.2) is 5.82 Å². The van der Waals surface area contributed by atoms with Crippen molar-refractivity contribution in [2.45, 2.75) is 11.8 Å². The number of aromatic nitrogens is 3. The summed E-state index contributed by atoms with van der Waals surface area (Å²) in [6.45, 7) is 0.382. The van der Waals surface area contributed by atoms with E-state index in [-0.39, 0.29) is 4.91 Å². The molecule has 0 aliphatic rings. The molecule has 0 fully saturated rings. The summed E-state index contributed by atoms with van der Waals surface area (Å²) in [6.07, 6.45) is 1.56. The molecule has 0 bridgehead atoms. The van der Waals surface area contributed by atoms with Crippen LogP contribution in [-0.4, -0.2) is 26.3 Å². The number of halogens is 1. The van der Waals surface area contributed by atoms with Crippen LogP contribution in [0.2, 0.25) is 5.02 Å². The molecule has 0 saturated carbocycles. The molecule has 4 rings (SSSR count). The molecule has 1 heterocycles. The lowest BCUT2D eigenvalue weighted by molar-refractivity contribution is -0.131. The van der Waals surface area contributed by atoms with Gasteiger partial charge in [-0.2, -0.15) is 0 Å². The van der Waals surface area contributed by atoms with Crippen LogP contribution in [0.3, 0.4) is 0 Å². The van der Waals surface area contributed by atoms with Crippen molar-refractivity contribution in [1.29, 1.82) is 0 Å². The van der Waals surface area contributed by atoms with Gasteiger partial charge in [-0.25, -0.2) is 9.78 Å². The second-order valence-corrected chi connectivity index (χ2v) is 8.15. The van der Waals surface area contributed by atoms with Gasteiger partial charge in [0.05, 0.1) is 0 Å². The highest BCUT2D eigenvalue weighted by atomic mass is 35.5. The first-order valence-electron chi connectivity index (χ1n) is 9.65. The van der Waals surface area contributed by atoms with Crippen LogP contribution in [0.1, 0.15) is 11.1 Å². The smallest absolute Gasteiger partial charge is 0.342 e. The van der Waals surface area contributed by atoms with Crippen molar-refractivity contribution in [2.75, 3.05) is 0 Å². The Balaban J connectivity index is 1.54. The SMILES string of the molecule is O=C(O)/C(=C/c1ccccc1OCc1ccccc1)Sc1n[nH]c(-c2ccc(Cl)cc2)n1. The normalized spacial score (nSPS) is 11.3. The fourth-order valence-corrected chi connectivity index (χ4v) is 3.69. The van der Waals surface area contributed by atoms with E-state index in [1.165, 1.54) is 0 Å². The maximum atomic E-state index is 11.9. The monoisotopic (exact) mass is 463 g/mol. The fourth-order valence-electron chi connectivity index (χ4n) is 2.87.